The van der Waals surface area contributed by atoms with Gasteiger partial charge in [-0.2, -0.15) is 0 Å². The number of carbonyl (C=O) groups excluding carboxylic acids is 1. The highest BCUT2D eigenvalue weighted by molar-refractivity contribution is 5.71. The first-order chi connectivity index (χ1) is 9.24. The van der Waals surface area contributed by atoms with E-state index < -0.39 is 0 Å². The monoisotopic (exact) mass is 264 g/mol. The predicted molar refractivity (Wildman–Crippen MR) is 75.7 cm³/mol. The lowest BCUT2D eigenvalue weighted by atomic mass is 10.0. The second-order valence-electron chi connectivity index (χ2n) is 4.81. The van der Waals surface area contributed by atoms with E-state index in [4.69, 9.17) is 9.47 Å². The third-order valence-electron chi connectivity index (χ3n) is 3.14. The number of hydrogen-bond donors (Lipinski definition) is 0. The second kappa shape index (κ2) is 9.56. The van der Waals surface area contributed by atoms with Gasteiger partial charge in [-0.3, -0.25) is 4.79 Å². The number of hydrogen-bond acceptors (Lipinski definition) is 3. The molecule has 0 aliphatic rings. The van der Waals surface area contributed by atoms with Gasteiger partial charge < -0.3 is 9.47 Å². The maximum Gasteiger partial charge on any atom is 0.308 e. The molecule has 0 amide bonds. The molecule has 0 saturated carbocycles. The molecule has 0 fully saturated rings. The van der Waals surface area contributed by atoms with Gasteiger partial charge in [-0.15, -0.1) is 0 Å². The topological polar surface area (TPSA) is 35.5 Å². The van der Waals surface area contributed by atoms with E-state index in [0.717, 1.165) is 32.3 Å². The quantitative estimate of drug-likeness (QED) is 0.505. The van der Waals surface area contributed by atoms with Crippen LogP contribution in [0.3, 0.4) is 0 Å². The Morgan fingerprint density at radius 1 is 1.16 bits per heavy atom. The van der Waals surface area contributed by atoms with Gasteiger partial charge in [0.1, 0.15) is 0 Å². The van der Waals surface area contributed by atoms with E-state index in [9.17, 15) is 4.79 Å². The Hall–Kier alpha value is -1.35. The van der Waals surface area contributed by atoms with Crippen molar-refractivity contribution in [3.8, 4) is 0 Å². The zero-order valence-corrected chi connectivity index (χ0v) is 11.9. The first-order valence-electron chi connectivity index (χ1n) is 6.93. The lowest BCUT2D eigenvalue weighted by Crippen LogP contribution is -2.12. The van der Waals surface area contributed by atoms with Crippen LogP contribution in [-0.4, -0.2) is 19.7 Å². The zero-order valence-electron chi connectivity index (χ0n) is 11.9. The third kappa shape index (κ3) is 6.97. The molecule has 0 aliphatic carbocycles. The van der Waals surface area contributed by atoms with Gasteiger partial charge in [-0.05, 0) is 18.4 Å². The maximum atomic E-state index is 11.2. The van der Waals surface area contributed by atoms with Gasteiger partial charge in [-0.25, -0.2) is 0 Å². The Balaban J connectivity index is 1.96. The van der Waals surface area contributed by atoms with Crippen LogP contribution in [0.2, 0.25) is 0 Å². The summed E-state index contributed by atoms with van der Waals surface area (Å²) in [5.74, 6) is -0.101. The molecule has 3 heteroatoms. The summed E-state index contributed by atoms with van der Waals surface area (Å²) in [6.07, 6.45) is 4.08. The van der Waals surface area contributed by atoms with Gasteiger partial charge in [0.15, 0.2) is 0 Å². The van der Waals surface area contributed by atoms with Gasteiger partial charge in [0.25, 0.3) is 0 Å². The molecule has 0 heterocycles. The van der Waals surface area contributed by atoms with Crippen molar-refractivity contribution in [1.82, 2.24) is 0 Å². The molecule has 0 saturated heterocycles. The fourth-order valence-corrected chi connectivity index (χ4v) is 1.91. The van der Waals surface area contributed by atoms with Crippen LogP contribution in [0.15, 0.2) is 30.3 Å². The molecule has 19 heavy (non-hydrogen) atoms. The highest BCUT2D eigenvalue weighted by Crippen LogP contribution is 2.11. The van der Waals surface area contributed by atoms with Gasteiger partial charge in [0.2, 0.25) is 0 Å². The van der Waals surface area contributed by atoms with E-state index in [0.29, 0.717) is 6.61 Å². The van der Waals surface area contributed by atoms with Crippen LogP contribution in [0.4, 0.5) is 0 Å². The van der Waals surface area contributed by atoms with Gasteiger partial charge in [0, 0.05) is 6.61 Å². The SMILES string of the molecule is COC(=O)[C@@H](C)CCCCCOCc1ccccc1. The summed E-state index contributed by atoms with van der Waals surface area (Å²) in [4.78, 5) is 11.2. The van der Waals surface area contributed by atoms with Crippen molar-refractivity contribution in [2.45, 2.75) is 39.2 Å². The summed E-state index contributed by atoms with van der Waals surface area (Å²) in [6.45, 7) is 3.37. The van der Waals surface area contributed by atoms with Crippen molar-refractivity contribution >= 4 is 5.97 Å². The normalized spacial score (nSPS) is 12.1. The third-order valence-corrected chi connectivity index (χ3v) is 3.14. The van der Waals surface area contributed by atoms with Gasteiger partial charge in [-0.1, -0.05) is 50.1 Å². The molecular weight excluding hydrogens is 240 g/mol. The Morgan fingerprint density at radius 2 is 1.89 bits per heavy atom. The molecule has 0 aliphatic heterocycles. The van der Waals surface area contributed by atoms with Gasteiger partial charge >= 0.3 is 5.97 Å². The molecule has 0 bridgehead atoms. The molecule has 0 radical (unpaired) electrons. The number of esters is 1. The van der Waals surface area contributed by atoms with E-state index >= 15 is 0 Å². The first kappa shape index (κ1) is 15.7. The molecule has 106 valence electrons. The predicted octanol–water partition coefficient (Wildman–Crippen LogP) is 3.57. The molecule has 0 spiro atoms. The summed E-state index contributed by atoms with van der Waals surface area (Å²) >= 11 is 0. The highest BCUT2D eigenvalue weighted by Gasteiger charge is 2.11. The van der Waals surface area contributed by atoms with E-state index in [1.807, 2.05) is 25.1 Å². The Bertz CT molecular complexity index is 348. The van der Waals surface area contributed by atoms with Crippen molar-refractivity contribution < 1.29 is 14.3 Å². The standard InChI is InChI=1S/C16H24O3/c1-14(16(17)18-2)9-5-4-8-12-19-13-15-10-6-3-7-11-15/h3,6-7,10-11,14H,4-5,8-9,12-13H2,1-2H3/t14-/m0/s1. The molecule has 0 N–H and O–H groups in total. The molecule has 0 unspecified atom stereocenters. The van der Waals surface area contributed by atoms with Crippen LogP contribution in [0.25, 0.3) is 0 Å². The minimum absolute atomic E-state index is 0.00948. The molecule has 1 atom stereocenters. The van der Waals surface area contributed by atoms with Crippen LogP contribution >= 0.6 is 0 Å². The van der Waals surface area contributed by atoms with E-state index in [-0.39, 0.29) is 11.9 Å². The second-order valence-corrected chi connectivity index (χ2v) is 4.81. The summed E-state index contributed by atoms with van der Waals surface area (Å²) in [5, 5.41) is 0. The molecule has 0 aromatic heterocycles. The fourth-order valence-electron chi connectivity index (χ4n) is 1.91. The Morgan fingerprint density at radius 3 is 2.58 bits per heavy atom. The first-order valence-corrected chi connectivity index (χ1v) is 6.93. The lowest BCUT2D eigenvalue weighted by molar-refractivity contribution is -0.145. The fraction of sp³-hybridized carbons (Fsp3) is 0.562. The molecule has 3 nitrogen and oxygen atoms in total. The lowest BCUT2D eigenvalue weighted by Gasteiger charge is -2.08. The van der Waals surface area contributed by atoms with Crippen LogP contribution in [0.1, 0.15) is 38.2 Å². The Labute approximate surface area is 115 Å². The van der Waals surface area contributed by atoms with E-state index in [2.05, 4.69) is 12.1 Å². The summed E-state index contributed by atoms with van der Waals surface area (Å²) in [7, 11) is 1.44. The van der Waals surface area contributed by atoms with Crippen molar-refractivity contribution in [1.29, 1.82) is 0 Å². The van der Waals surface area contributed by atoms with Crippen molar-refractivity contribution in [2.24, 2.45) is 5.92 Å². The zero-order chi connectivity index (χ0) is 13.9. The van der Waals surface area contributed by atoms with E-state index in [1.54, 1.807) is 0 Å². The molecule has 1 rings (SSSR count). The van der Waals surface area contributed by atoms with Crippen LogP contribution in [-0.2, 0) is 20.9 Å². The molecule has 1 aromatic carbocycles. The summed E-state index contributed by atoms with van der Waals surface area (Å²) in [5.41, 5.74) is 1.21. The Kier molecular flexibility index (Phi) is 7.91. The molecular formula is C16H24O3. The van der Waals surface area contributed by atoms with Crippen LogP contribution < -0.4 is 0 Å². The van der Waals surface area contributed by atoms with Crippen molar-refractivity contribution in [3.05, 3.63) is 35.9 Å². The van der Waals surface area contributed by atoms with Crippen LogP contribution in [0, 0.1) is 5.92 Å². The average molecular weight is 264 g/mol. The number of rotatable bonds is 9. The number of carbonyl (C=O) groups is 1. The number of unbranched alkanes of at least 4 members (excludes halogenated alkanes) is 2. The minimum atomic E-state index is -0.111. The van der Waals surface area contributed by atoms with Crippen molar-refractivity contribution in [3.63, 3.8) is 0 Å². The maximum absolute atomic E-state index is 11.2. The largest absolute Gasteiger partial charge is 0.469 e. The minimum Gasteiger partial charge on any atom is -0.469 e. The number of ether oxygens (including phenoxy) is 2. The molecule has 1 aromatic rings. The summed E-state index contributed by atoms with van der Waals surface area (Å²) in [6, 6.07) is 10.2. The van der Waals surface area contributed by atoms with E-state index in [1.165, 1.54) is 12.7 Å². The number of benzene rings is 1. The summed E-state index contributed by atoms with van der Waals surface area (Å²) < 4.78 is 10.3. The van der Waals surface area contributed by atoms with Gasteiger partial charge in [0.05, 0.1) is 19.6 Å². The highest BCUT2D eigenvalue weighted by atomic mass is 16.5. The van der Waals surface area contributed by atoms with Crippen LogP contribution in [0.5, 0.6) is 0 Å². The van der Waals surface area contributed by atoms with Crippen molar-refractivity contribution in [2.75, 3.05) is 13.7 Å². The number of methoxy groups -OCH3 is 1. The average Bonchev–Trinajstić information content (AvgIpc) is 2.46. The smallest absolute Gasteiger partial charge is 0.308 e.